The van der Waals surface area contributed by atoms with Crippen molar-refractivity contribution < 1.29 is 4.92 Å². The van der Waals surface area contributed by atoms with Gasteiger partial charge in [-0.25, -0.2) is 4.98 Å². The lowest BCUT2D eigenvalue weighted by Gasteiger charge is -2.22. The van der Waals surface area contributed by atoms with Crippen LogP contribution in [0.2, 0.25) is 5.02 Å². The highest BCUT2D eigenvalue weighted by Crippen LogP contribution is 2.36. The van der Waals surface area contributed by atoms with Crippen LogP contribution in [0.5, 0.6) is 0 Å². The molecule has 1 N–H and O–H groups in total. The van der Waals surface area contributed by atoms with Crippen LogP contribution < -0.4 is 5.32 Å². The smallest absolute Gasteiger partial charge is 0.295 e. The second-order valence-corrected chi connectivity index (χ2v) is 6.01. The van der Waals surface area contributed by atoms with Gasteiger partial charge in [0.15, 0.2) is 5.52 Å². The number of fused-ring (bicyclic) bond motifs is 1. The highest BCUT2D eigenvalue weighted by Gasteiger charge is 2.23. The molecule has 0 unspecified atom stereocenters. The Kier molecular flexibility index (Phi) is 3.56. The van der Waals surface area contributed by atoms with Crippen LogP contribution in [0.4, 0.5) is 11.5 Å². The zero-order valence-electron chi connectivity index (χ0n) is 11.8. The highest BCUT2D eigenvalue weighted by atomic mass is 35.5. The first kappa shape index (κ1) is 14.5. The SMILES string of the molecule is CNc1nc2c([N+](=O)[O-])ccc(Cl)c2cc1C(C)(C)C. The van der Waals surface area contributed by atoms with E-state index in [0.717, 1.165) is 5.56 Å². The van der Waals surface area contributed by atoms with Crippen LogP contribution in [0, 0.1) is 10.1 Å². The fraction of sp³-hybridized carbons (Fsp3) is 0.357. The second kappa shape index (κ2) is 4.90. The molecule has 0 amide bonds. The Morgan fingerprint density at radius 2 is 2.00 bits per heavy atom. The minimum absolute atomic E-state index is 0.0404. The number of hydrogen-bond donors (Lipinski definition) is 1. The van der Waals surface area contributed by atoms with Gasteiger partial charge < -0.3 is 5.32 Å². The van der Waals surface area contributed by atoms with E-state index in [1.807, 2.05) is 6.07 Å². The van der Waals surface area contributed by atoms with Crippen LogP contribution in [0.1, 0.15) is 26.3 Å². The molecule has 20 heavy (non-hydrogen) atoms. The Labute approximate surface area is 122 Å². The second-order valence-electron chi connectivity index (χ2n) is 5.60. The van der Waals surface area contributed by atoms with Crippen molar-refractivity contribution in [2.45, 2.75) is 26.2 Å². The summed E-state index contributed by atoms with van der Waals surface area (Å²) < 4.78 is 0. The maximum atomic E-state index is 11.1. The van der Waals surface area contributed by atoms with Crippen LogP contribution >= 0.6 is 11.6 Å². The van der Waals surface area contributed by atoms with E-state index in [-0.39, 0.29) is 11.1 Å². The molecule has 106 valence electrons. The fourth-order valence-electron chi connectivity index (χ4n) is 2.12. The molecule has 0 atom stereocenters. The molecule has 1 aromatic carbocycles. The molecule has 0 aliphatic rings. The van der Waals surface area contributed by atoms with Gasteiger partial charge in [-0.05, 0) is 17.5 Å². The van der Waals surface area contributed by atoms with Gasteiger partial charge in [0.05, 0.1) is 9.95 Å². The van der Waals surface area contributed by atoms with E-state index < -0.39 is 4.92 Å². The first-order valence-electron chi connectivity index (χ1n) is 6.21. The number of pyridine rings is 1. The van der Waals surface area contributed by atoms with Crippen molar-refractivity contribution in [2.75, 3.05) is 12.4 Å². The van der Waals surface area contributed by atoms with Crippen molar-refractivity contribution in [2.24, 2.45) is 0 Å². The summed E-state index contributed by atoms with van der Waals surface area (Å²) in [6.45, 7) is 6.17. The van der Waals surface area contributed by atoms with Gasteiger partial charge in [-0.3, -0.25) is 10.1 Å². The number of aromatic nitrogens is 1. The maximum Gasteiger partial charge on any atom is 0.295 e. The Balaban J connectivity index is 2.90. The lowest BCUT2D eigenvalue weighted by atomic mass is 9.86. The minimum atomic E-state index is -0.443. The third-order valence-electron chi connectivity index (χ3n) is 3.15. The number of anilines is 1. The molecular weight excluding hydrogens is 278 g/mol. The van der Waals surface area contributed by atoms with E-state index in [9.17, 15) is 10.1 Å². The summed E-state index contributed by atoms with van der Waals surface area (Å²) in [7, 11) is 1.75. The van der Waals surface area contributed by atoms with Crippen molar-refractivity contribution in [1.82, 2.24) is 4.98 Å². The summed E-state index contributed by atoms with van der Waals surface area (Å²) in [4.78, 5) is 15.1. The number of nitrogens with zero attached hydrogens (tertiary/aromatic N) is 2. The molecule has 1 aromatic heterocycles. The van der Waals surface area contributed by atoms with E-state index in [0.29, 0.717) is 21.7 Å². The minimum Gasteiger partial charge on any atom is -0.373 e. The first-order chi connectivity index (χ1) is 9.25. The largest absolute Gasteiger partial charge is 0.373 e. The summed E-state index contributed by atoms with van der Waals surface area (Å²) in [5.41, 5.74) is 1.09. The number of benzene rings is 1. The van der Waals surface area contributed by atoms with Crippen molar-refractivity contribution in [3.63, 3.8) is 0 Å². The van der Waals surface area contributed by atoms with Crippen LogP contribution in [-0.2, 0) is 5.41 Å². The highest BCUT2D eigenvalue weighted by molar-refractivity contribution is 6.35. The van der Waals surface area contributed by atoms with Gasteiger partial charge in [0, 0.05) is 24.1 Å². The van der Waals surface area contributed by atoms with Gasteiger partial charge in [-0.2, -0.15) is 0 Å². The molecule has 0 radical (unpaired) electrons. The summed E-state index contributed by atoms with van der Waals surface area (Å²) in [5, 5.41) is 15.2. The average molecular weight is 294 g/mol. The van der Waals surface area contributed by atoms with E-state index in [2.05, 4.69) is 31.1 Å². The van der Waals surface area contributed by atoms with Crippen molar-refractivity contribution in [3.05, 3.63) is 38.9 Å². The molecular formula is C14H16ClN3O2. The number of halogens is 1. The molecule has 0 bridgehead atoms. The van der Waals surface area contributed by atoms with Crippen LogP contribution in [-0.4, -0.2) is 17.0 Å². The van der Waals surface area contributed by atoms with Crippen molar-refractivity contribution >= 4 is 34.0 Å². The van der Waals surface area contributed by atoms with Gasteiger partial charge in [-0.1, -0.05) is 32.4 Å². The first-order valence-corrected chi connectivity index (χ1v) is 6.59. The lowest BCUT2D eigenvalue weighted by Crippen LogP contribution is -2.15. The topological polar surface area (TPSA) is 68.1 Å². The zero-order valence-corrected chi connectivity index (χ0v) is 12.6. The number of non-ortho nitro benzene ring substituents is 1. The molecule has 0 aliphatic carbocycles. The predicted molar refractivity (Wildman–Crippen MR) is 81.7 cm³/mol. The summed E-state index contributed by atoms with van der Waals surface area (Å²) in [6, 6.07) is 4.80. The number of nitro benzene ring substituents is 1. The zero-order chi connectivity index (χ0) is 15.1. The Hall–Kier alpha value is -1.88. The molecule has 0 saturated heterocycles. The van der Waals surface area contributed by atoms with Gasteiger partial charge in [0.25, 0.3) is 5.69 Å². The fourth-order valence-corrected chi connectivity index (χ4v) is 2.33. The quantitative estimate of drug-likeness (QED) is 0.667. The van der Waals surface area contributed by atoms with Crippen LogP contribution in [0.3, 0.4) is 0 Å². The van der Waals surface area contributed by atoms with Gasteiger partial charge in [0.1, 0.15) is 5.82 Å². The Morgan fingerprint density at radius 1 is 1.35 bits per heavy atom. The molecule has 0 spiro atoms. The van der Waals surface area contributed by atoms with E-state index >= 15 is 0 Å². The third kappa shape index (κ3) is 2.41. The standard InChI is InChI=1S/C14H16ClN3O2/c1-14(2,3)9-7-8-10(15)5-6-11(18(19)20)12(8)17-13(9)16-4/h5-7H,1-4H3,(H,16,17). The average Bonchev–Trinajstić information content (AvgIpc) is 2.36. The number of nitro groups is 1. The molecule has 2 rings (SSSR count). The van der Waals surface area contributed by atoms with Gasteiger partial charge in [-0.15, -0.1) is 0 Å². The molecule has 6 heteroatoms. The molecule has 2 aromatic rings. The number of hydrogen-bond acceptors (Lipinski definition) is 4. The summed E-state index contributed by atoms with van der Waals surface area (Å²) >= 11 is 6.17. The van der Waals surface area contributed by atoms with E-state index in [1.165, 1.54) is 12.1 Å². The molecule has 0 saturated carbocycles. The molecule has 5 nitrogen and oxygen atoms in total. The Bertz CT molecular complexity index is 693. The third-order valence-corrected chi connectivity index (χ3v) is 3.48. The van der Waals surface area contributed by atoms with Crippen molar-refractivity contribution in [1.29, 1.82) is 0 Å². The summed E-state index contributed by atoms with van der Waals surface area (Å²) in [6.07, 6.45) is 0. The van der Waals surface area contributed by atoms with Crippen LogP contribution in [0.25, 0.3) is 10.9 Å². The lowest BCUT2D eigenvalue weighted by molar-refractivity contribution is -0.383. The Morgan fingerprint density at radius 3 is 2.50 bits per heavy atom. The van der Waals surface area contributed by atoms with Crippen molar-refractivity contribution in [3.8, 4) is 0 Å². The number of nitrogens with one attached hydrogen (secondary N) is 1. The summed E-state index contributed by atoms with van der Waals surface area (Å²) in [5.74, 6) is 0.635. The number of rotatable bonds is 2. The van der Waals surface area contributed by atoms with E-state index in [4.69, 9.17) is 11.6 Å². The van der Waals surface area contributed by atoms with Gasteiger partial charge >= 0.3 is 0 Å². The normalized spacial score (nSPS) is 11.7. The van der Waals surface area contributed by atoms with E-state index in [1.54, 1.807) is 7.05 Å². The molecule has 0 aliphatic heterocycles. The monoisotopic (exact) mass is 293 g/mol. The van der Waals surface area contributed by atoms with Crippen LogP contribution in [0.15, 0.2) is 18.2 Å². The molecule has 0 fully saturated rings. The molecule has 1 heterocycles. The van der Waals surface area contributed by atoms with Gasteiger partial charge in [0.2, 0.25) is 0 Å². The maximum absolute atomic E-state index is 11.1. The predicted octanol–water partition coefficient (Wildman–Crippen LogP) is 4.14.